The second-order valence-corrected chi connectivity index (χ2v) is 3.91. The first-order valence-electron chi connectivity index (χ1n) is 5.36. The van der Waals surface area contributed by atoms with Crippen LogP contribution in [0.3, 0.4) is 0 Å². The number of hydrogen-bond donors (Lipinski definition) is 3. The largest absolute Gasteiger partial charge is 0.508 e. The standard InChI is InChI=1S/C13H17NO3.CH4/c1-8(15)3-4-10-9(2)12(16)6-5-11(10)13(17)7-14;/h3-6,13,16-17H,7,14H2,1-2H3;1H4/b4-3-;. The number of aromatic hydroxyl groups is 1. The van der Waals surface area contributed by atoms with Crippen LogP contribution in [0.25, 0.3) is 6.08 Å². The van der Waals surface area contributed by atoms with E-state index in [0.29, 0.717) is 16.7 Å². The van der Waals surface area contributed by atoms with Crippen LogP contribution in [0, 0.1) is 6.92 Å². The van der Waals surface area contributed by atoms with Crippen molar-refractivity contribution in [3.05, 3.63) is 34.9 Å². The lowest BCUT2D eigenvalue weighted by Crippen LogP contribution is -2.13. The summed E-state index contributed by atoms with van der Waals surface area (Å²) in [6, 6.07) is 3.12. The molecule has 0 heterocycles. The molecule has 4 nitrogen and oxygen atoms in total. The lowest BCUT2D eigenvalue weighted by Gasteiger charge is -2.14. The van der Waals surface area contributed by atoms with Crippen molar-refractivity contribution in [1.29, 1.82) is 0 Å². The summed E-state index contributed by atoms with van der Waals surface area (Å²) in [5, 5.41) is 19.4. The van der Waals surface area contributed by atoms with Gasteiger partial charge in [0.1, 0.15) is 5.75 Å². The number of allylic oxidation sites excluding steroid dienone is 1. The normalized spacial score (nSPS) is 12.2. The molecule has 0 bridgehead atoms. The predicted octanol–water partition coefficient (Wildman–Crippen LogP) is 1.93. The lowest BCUT2D eigenvalue weighted by molar-refractivity contribution is -0.112. The average molecular weight is 251 g/mol. The SMILES string of the molecule is C.CC(=O)/C=C\c1c(C(O)CN)ccc(O)c1C. The number of aliphatic hydroxyl groups is 1. The molecular weight excluding hydrogens is 230 g/mol. The van der Waals surface area contributed by atoms with Gasteiger partial charge in [-0.1, -0.05) is 19.6 Å². The third-order valence-electron chi connectivity index (χ3n) is 2.59. The minimum absolute atomic E-state index is 0. The Morgan fingerprint density at radius 1 is 1.50 bits per heavy atom. The molecule has 18 heavy (non-hydrogen) atoms. The number of benzene rings is 1. The van der Waals surface area contributed by atoms with E-state index in [2.05, 4.69) is 0 Å². The fourth-order valence-corrected chi connectivity index (χ4v) is 1.58. The predicted molar refractivity (Wildman–Crippen MR) is 73.3 cm³/mol. The van der Waals surface area contributed by atoms with Crippen LogP contribution in [0.1, 0.15) is 37.1 Å². The fraction of sp³-hybridized carbons (Fsp3) is 0.357. The zero-order valence-electron chi connectivity index (χ0n) is 9.97. The van der Waals surface area contributed by atoms with Crippen LogP contribution in [0.5, 0.6) is 5.75 Å². The van der Waals surface area contributed by atoms with E-state index in [1.807, 2.05) is 0 Å². The lowest BCUT2D eigenvalue weighted by atomic mass is 9.96. The second-order valence-electron chi connectivity index (χ2n) is 3.91. The molecular formula is C14H21NO3. The Morgan fingerprint density at radius 3 is 2.61 bits per heavy atom. The number of ketones is 1. The topological polar surface area (TPSA) is 83.5 Å². The fourth-order valence-electron chi connectivity index (χ4n) is 1.58. The van der Waals surface area contributed by atoms with Gasteiger partial charge in [-0.25, -0.2) is 0 Å². The molecule has 4 heteroatoms. The van der Waals surface area contributed by atoms with E-state index in [9.17, 15) is 15.0 Å². The number of phenolic OH excluding ortho intramolecular Hbond substituents is 1. The Morgan fingerprint density at radius 2 is 2.11 bits per heavy atom. The highest BCUT2D eigenvalue weighted by Crippen LogP contribution is 2.28. The Kier molecular flexibility index (Phi) is 6.30. The Balaban J connectivity index is 0.00000289. The number of nitrogens with two attached hydrogens (primary N) is 1. The molecule has 0 saturated carbocycles. The zero-order chi connectivity index (χ0) is 13.0. The highest BCUT2D eigenvalue weighted by atomic mass is 16.3. The van der Waals surface area contributed by atoms with Gasteiger partial charge in [-0.2, -0.15) is 0 Å². The van der Waals surface area contributed by atoms with Crippen LogP contribution in [0.2, 0.25) is 0 Å². The van der Waals surface area contributed by atoms with Crippen molar-refractivity contribution in [3.8, 4) is 5.75 Å². The number of carbonyl (C=O) groups is 1. The molecule has 0 aliphatic carbocycles. The third-order valence-corrected chi connectivity index (χ3v) is 2.59. The maximum absolute atomic E-state index is 10.9. The molecule has 100 valence electrons. The summed E-state index contributed by atoms with van der Waals surface area (Å²) in [4.78, 5) is 10.9. The smallest absolute Gasteiger partial charge is 0.152 e. The summed E-state index contributed by atoms with van der Waals surface area (Å²) >= 11 is 0. The molecule has 4 N–H and O–H groups in total. The van der Waals surface area contributed by atoms with Crippen molar-refractivity contribution in [1.82, 2.24) is 0 Å². The van der Waals surface area contributed by atoms with Gasteiger partial charge >= 0.3 is 0 Å². The summed E-state index contributed by atoms with van der Waals surface area (Å²) in [5.74, 6) is 0.0297. The monoisotopic (exact) mass is 251 g/mol. The highest BCUT2D eigenvalue weighted by Gasteiger charge is 2.13. The van der Waals surface area contributed by atoms with E-state index in [4.69, 9.17) is 5.73 Å². The van der Waals surface area contributed by atoms with Gasteiger partial charge in [0.25, 0.3) is 0 Å². The van der Waals surface area contributed by atoms with Crippen molar-refractivity contribution in [2.45, 2.75) is 27.4 Å². The first-order chi connectivity index (χ1) is 7.97. The van der Waals surface area contributed by atoms with E-state index in [1.165, 1.54) is 19.1 Å². The minimum Gasteiger partial charge on any atom is -0.508 e. The number of phenols is 1. The van der Waals surface area contributed by atoms with Gasteiger partial charge in [0.2, 0.25) is 0 Å². The van der Waals surface area contributed by atoms with Crippen LogP contribution >= 0.6 is 0 Å². The maximum Gasteiger partial charge on any atom is 0.152 e. The van der Waals surface area contributed by atoms with E-state index >= 15 is 0 Å². The highest BCUT2D eigenvalue weighted by molar-refractivity contribution is 5.92. The maximum atomic E-state index is 10.9. The van der Waals surface area contributed by atoms with E-state index in [0.717, 1.165) is 0 Å². The molecule has 0 spiro atoms. The summed E-state index contributed by atoms with van der Waals surface area (Å²) in [6.07, 6.45) is 2.18. The Bertz CT molecular complexity index is 453. The molecule has 1 rings (SSSR count). The number of carbonyl (C=O) groups excluding carboxylic acids is 1. The summed E-state index contributed by atoms with van der Waals surface area (Å²) in [5.41, 5.74) is 7.28. The molecule has 0 aromatic heterocycles. The van der Waals surface area contributed by atoms with Crippen molar-refractivity contribution in [3.63, 3.8) is 0 Å². The van der Waals surface area contributed by atoms with Gasteiger partial charge in [0, 0.05) is 6.54 Å². The van der Waals surface area contributed by atoms with Gasteiger partial charge in [-0.05, 0) is 42.7 Å². The molecule has 0 radical (unpaired) electrons. The van der Waals surface area contributed by atoms with Gasteiger partial charge in [-0.3, -0.25) is 4.79 Å². The summed E-state index contributed by atoms with van der Waals surface area (Å²) < 4.78 is 0. The molecule has 1 unspecified atom stereocenters. The number of hydrogen-bond acceptors (Lipinski definition) is 4. The molecule has 1 aromatic rings. The van der Waals surface area contributed by atoms with Crippen molar-refractivity contribution < 1.29 is 15.0 Å². The third kappa shape index (κ3) is 3.68. The minimum atomic E-state index is -0.805. The van der Waals surface area contributed by atoms with Crippen molar-refractivity contribution in [2.24, 2.45) is 5.73 Å². The van der Waals surface area contributed by atoms with Crippen LogP contribution in [0.4, 0.5) is 0 Å². The summed E-state index contributed by atoms with van der Waals surface area (Å²) in [6.45, 7) is 3.25. The van der Waals surface area contributed by atoms with Gasteiger partial charge in [0.15, 0.2) is 5.78 Å². The quantitative estimate of drug-likeness (QED) is 0.714. The molecule has 1 atom stereocenters. The summed E-state index contributed by atoms with van der Waals surface area (Å²) in [7, 11) is 0. The molecule has 0 fully saturated rings. The van der Waals surface area contributed by atoms with E-state index in [1.54, 1.807) is 19.1 Å². The Labute approximate surface area is 108 Å². The molecule has 1 aromatic carbocycles. The Hall–Kier alpha value is -1.65. The van der Waals surface area contributed by atoms with Crippen LogP contribution in [-0.4, -0.2) is 22.5 Å². The average Bonchev–Trinajstić information content (AvgIpc) is 2.29. The first-order valence-corrected chi connectivity index (χ1v) is 5.36. The van der Waals surface area contributed by atoms with E-state index < -0.39 is 6.10 Å². The van der Waals surface area contributed by atoms with Gasteiger partial charge in [0.05, 0.1) is 6.10 Å². The van der Waals surface area contributed by atoms with Crippen molar-refractivity contribution in [2.75, 3.05) is 6.54 Å². The van der Waals surface area contributed by atoms with Crippen LogP contribution < -0.4 is 5.73 Å². The molecule has 0 aliphatic rings. The van der Waals surface area contributed by atoms with Crippen molar-refractivity contribution >= 4 is 11.9 Å². The van der Waals surface area contributed by atoms with Crippen LogP contribution in [-0.2, 0) is 4.79 Å². The van der Waals surface area contributed by atoms with Gasteiger partial charge in [-0.15, -0.1) is 0 Å². The number of rotatable bonds is 4. The van der Waals surface area contributed by atoms with Gasteiger partial charge < -0.3 is 15.9 Å². The zero-order valence-corrected chi connectivity index (χ0v) is 9.97. The second kappa shape index (κ2) is 6.93. The van der Waals surface area contributed by atoms with E-state index in [-0.39, 0.29) is 25.5 Å². The molecule has 0 aliphatic heterocycles. The molecule has 0 amide bonds. The molecule has 0 saturated heterocycles. The number of aliphatic hydroxyl groups excluding tert-OH is 1. The first kappa shape index (κ1) is 16.4. The van der Waals surface area contributed by atoms with Crippen LogP contribution in [0.15, 0.2) is 18.2 Å².